The van der Waals surface area contributed by atoms with Gasteiger partial charge in [0.05, 0.1) is 0 Å². The molecule has 0 fully saturated rings. The second-order valence-electron chi connectivity index (χ2n) is 4.96. The van der Waals surface area contributed by atoms with Gasteiger partial charge >= 0.3 is 0 Å². The molecule has 0 aromatic heterocycles. The monoisotopic (exact) mass is 200 g/mol. The van der Waals surface area contributed by atoms with Crippen LogP contribution in [0.1, 0.15) is 53.4 Å². The van der Waals surface area contributed by atoms with E-state index in [1.165, 1.54) is 19.3 Å². The third kappa shape index (κ3) is 5.61. The predicted molar refractivity (Wildman–Crippen MR) is 64.5 cm³/mol. The summed E-state index contributed by atoms with van der Waals surface area (Å²) in [6, 6.07) is 0.653. The fraction of sp³-hybridized carbons (Fsp3) is 1.00. The van der Waals surface area contributed by atoms with E-state index in [2.05, 4.69) is 39.6 Å². The standard InChI is InChI=1S/C12H28N2/c1-6-8-11(3)14(5)10-12(4,13)9-7-2/h11H,6-10,13H2,1-5H3. The van der Waals surface area contributed by atoms with Crippen molar-refractivity contribution in [1.82, 2.24) is 4.90 Å². The van der Waals surface area contributed by atoms with Crippen molar-refractivity contribution in [2.24, 2.45) is 5.73 Å². The summed E-state index contributed by atoms with van der Waals surface area (Å²) in [5.41, 5.74) is 6.20. The molecule has 2 nitrogen and oxygen atoms in total. The minimum atomic E-state index is -0.0223. The molecule has 0 aliphatic carbocycles. The zero-order valence-corrected chi connectivity index (χ0v) is 10.6. The molecule has 2 heteroatoms. The molecule has 14 heavy (non-hydrogen) atoms. The van der Waals surface area contributed by atoms with Crippen LogP contribution in [0, 0.1) is 0 Å². The molecule has 0 rings (SSSR count). The molecule has 2 unspecified atom stereocenters. The lowest BCUT2D eigenvalue weighted by Gasteiger charge is -2.33. The van der Waals surface area contributed by atoms with E-state index in [9.17, 15) is 0 Å². The summed E-state index contributed by atoms with van der Waals surface area (Å²) < 4.78 is 0. The Morgan fingerprint density at radius 3 is 2.29 bits per heavy atom. The van der Waals surface area contributed by atoms with E-state index in [0.717, 1.165) is 13.0 Å². The Balaban J connectivity index is 3.96. The van der Waals surface area contributed by atoms with Crippen LogP contribution in [0.2, 0.25) is 0 Å². The predicted octanol–water partition coefficient (Wildman–Crippen LogP) is 2.62. The van der Waals surface area contributed by atoms with Crippen molar-refractivity contribution < 1.29 is 0 Å². The van der Waals surface area contributed by atoms with Gasteiger partial charge in [0.2, 0.25) is 0 Å². The molecule has 0 radical (unpaired) electrons. The maximum atomic E-state index is 6.22. The Labute approximate surface area is 89.9 Å². The van der Waals surface area contributed by atoms with E-state index in [0.29, 0.717) is 6.04 Å². The molecule has 2 N–H and O–H groups in total. The van der Waals surface area contributed by atoms with Gasteiger partial charge < -0.3 is 10.6 Å². The lowest BCUT2D eigenvalue weighted by Crippen LogP contribution is -2.48. The second-order valence-corrected chi connectivity index (χ2v) is 4.96. The van der Waals surface area contributed by atoms with Crippen molar-refractivity contribution in [2.45, 2.75) is 65.0 Å². The molecule has 0 amide bonds. The van der Waals surface area contributed by atoms with Gasteiger partial charge in [0, 0.05) is 18.1 Å². The molecular formula is C12H28N2. The fourth-order valence-corrected chi connectivity index (χ4v) is 2.01. The highest BCUT2D eigenvalue weighted by atomic mass is 15.1. The van der Waals surface area contributed by atoms with Gasteiger partial charge in [0.15, 0.2) is 0 Å². The third-order valence-electron chi connectivity index (χ3n) is 2.89. The SMILES string of the molecule is CCCC(C)N(C)CC(C)(N)CCC. The number of rotatable bonds is 7. The van der Waals surface area contributed by atoms with Gasteiger partial charge in [-0.3, -0.25) is 0 Å². The normalized spacial score (nSPS) is 18.2. The number of nitrogens with two attached hydrogens (primary N) is 1. The maximum absolute atomic E-state index is 6.22. The first-order chi connectivity index (χ1) is 6.43. The Bertz CT molecular complexity index is 143. The van der Waals surface area contributed by atoms with Gasteiger partial charge in [-0.1, -0.05) is 26.7 Å². The topological polar surface area (TPSA) is 29.3 Å². The first kappa shape index (κ1) is 13.9. The highest BCUT2D eigenvalue weighted by Crippen LogP contribution is 2.13. The summed E-state index contributed by atoms with van der Waals surface area (Å²) in [5, 5.41) is 0. The lowest BCUT2D eigenvalue weighted by atomic mass is 9.96. The largest absolute Gasteiger partial charge is 0.324 e. The van der Waals surface area contributed by atoms with Crippen molar-refractivity contribution >= 4 is 0 Å². The van der Waals surface area contributed by atoms with E-state index in [1.807, 2.05) is 0 Å². The summed E-state index contributed by atoms with van der Waals surface area (Å²) in [4.78, 5) is 2.39. The summed E-state index contributed by atoms with van der Waals surface area (Å²) >= 11 is 0. The van der Waals surface area contributed by atoms with Crippen molar-refractivity contribution in [2.75, 3.05) is 13.6 Å². The van der Waals surface area contributed by atoms with E-state index in [4.69, 9.17) is 5.73 Å². The van der Waals surface area contributed by atoms with Crippen LogP contribution in [0.5, 0.6) is 0 Å². The first-order valence-electron chi connectivity index (χ1n) is 5.92. The molecule has 0 spiro atoms. The van der Waals surface area contributed by atoms with Gasteiger partial charge in [0.25, 0.3) is 0 Å². The number of hydrogen-bond donors (Lipinski definition) is 1. The van der Waals surface area contributed by atoms with Gasteiger partial charge in [-0.15, -0.1) is 0 Å². The van der Waals surface area contributed by atoms with Gasteiger partial charge in [-0.25, -0.2) is 0 Å². The number of hydrogen-bond acceptors (Lipinski definition) is 2. The average Bonchev–Trinajstić information content (AvgIpc) is 2.03. The van der Waals surface area contributed by atoms with Crippen LogP contribution < -0.4 is 5.73 Å². The fourth-order valence-electron chi connectivity index (χ4n) is 2.01. The molecule has 0 aliphatic heterocycles. The lowest BCUT2D eigenvalue weighted by molar-refractivity contribution is 0.190. The molecule has 0 saturated carbocycles. The molecule has 2 atom stereocenters. The highest BCUT2D eigenvalue weighted by molar-refractivity contribution is 4.82. The van der Waals surface area contributed by atoms with E-state index in [-0.39, 0.29) is 5.54 Å². The van der Waals surface area contributed by atoms with E-state index in [1.54, 1.807) is 0 Å². The van der Waals surface area contributed by atoms with Gasteiger partial charge in [-0.2, -0.15) is 0 Å². The summed E-state index contributed by atoms with van der Waals surface area (Å²) in [6.07, 6.45) is 4.79. The summed E-state index contributed by atoms with van der Waals surface area (Å²) in [6.45, 7) is 9.87. The van der Waals surface area contributed by atoms with Gasteiger partial charge in [0.1, 0.15) is 0 Å². The molecular weight excluding hydrogens is 172 g/mol. The van der Waals surface area contributed by atoms with Gasteiger partial charge in [-0.05, 0) is 33.7 Å². The van der Waals surface area contributed by atoms with Crippen molar-refractivity contribution in [3.63, 3.8) is 0 Å². The van der Waals surface area contributed by atoms with E-state index < -0.39 is 0 Å². The molecule has 86 valence electrons. The molecule has 0 aromatic carbocycles. The molecule has 0 aliphatic rings. The van der Waals surface area contributed by atoms with Crippen LogP contribution in [0.4, 0.5) is 0 Å². The zero-order chi connectivity index (χ0) is 11.2. The van der Waals surface area contributed by atoms with Crippen molar-refractivity contribution in [1.29, 1.82) is 0 Å². The van der Waals surface area contributed by atoms with Crippen molar-refractivity contribution in [3.8, 4) is 0 Å². The Morgan fingerprint density at radius 2 is 1.86 bits per heavy atom. The van der Waals surface area contributed by atoms with Crippen LogP contribution in [-0.4, -0.2) is 30.1 Å². The summed E-state index contributed by atoms with van der Waals surface area (Å²) in [5.74, 6) is 0. The van der Waals surface area contributed by atoms with Crippen LogP contribution in [0.15, 0.2) is 0 Å². The van der Waals surface area contributed by atoms with E-state index >= 15 is 0 Å². The average molecular weight is 200 g/mol. The quantitative estimate of drug-likeness (QED) is 0.684. The Hall–Kier alpha value is -0.0800. The van der Waals surface area contributed by atoms with Crippen LogP contribution in [0.3, 0.4) is 0 Å². The Kier molecular flexibility index (Phi) is 6.38. The Morgan fingerprint density at radius 1 is 1.29 bits per heavy atom. The van der Waals surface area contributed by atoms with Crippen molar-refractivity contribution in [3.05, 3.63) is 0 Å². The smallest absolute Gasteiger partial charge is 0.0254 e. The van der Waals surface area contributed by atoms with Crippen LogP contribution in [-0.2, 0) is 0 Å². The molecule has 0 aromatic rings. The highest BCUT2D eigenvalue weighted by Gasteiger charge is 2.21. The summed E-state index contributed by atoms with van der Waals surface area (Å²) in [7, 11) is 2.18. The van der Waals surface area contributed by atoms with Crippen LogP contribution >= 0.6 is 0 Å². The third-order valence-corrected chi connectivity index (χ3v) is 2.89. The zero-order valence-electron chi connectivity index (χ0n) is 10.6. The second kappa shape index (κ2) is 6.41. The molecule has 0 saturated heterocycles. The molecule has 0 bridgehead atoms. The number of likely N-dealkylation sites (N-methyl/N-ethyl adjacent to an activating group) is 1. The number of nitrogens with zero attached hydrogens (tertiary/aromatic N) is 1. The minimum absolute atomic E-state index is 0.0223. The maximum Gasteiger partial charge on any atom is 0.0254 e. The molecule has 0 heterocycles. The first-order valence-corrected chi connectivity index (χ1v) is 5.92. The van der Waals surface area contributed by atoms with Crippen LogP contribution in [0.25, 0.3) is 0 Å². The minimum Gasteiger partial charge on any atom is -0.324 e.